The standard InChI is InChI=1S/C45H57N11O6/c1-27(2)38(52-43(46)47-5)41(59)55-26-34(57)22-36(55)39-49-24-35(51-39)31-10-8-29(9-11-31)30-12-15-33(16-13-30)50-40(58)32-14-17-37(48-23-32)54-21-20-53(25-28(54)3)42(60)45(4)18-7-19-56(45)44(61)62-6/h8-17,23-24,27-28,34,36,38,57H,7,18-22,25-26H2,1-6H3,(H,49,51)(H,50,58)(H3,46,47,52)/t28-,34+,36+,38+,45+/m1/s1. The minimum Gasteiger partial charge on any atom is -0.453 e. The molecule has 3 aliphatic rings. The normalized spacial score (nSPS) is 22.2. The number of aliphatic imine (C=N–C) groups is 1. The van der Waals surface area contributed by atoms with Crippen LogP contribution < -0.4 is 21.3 Å². The van der Waals surface area contributed by atoms with Crippen LogP contribution in [0.2, 0.25) is 0 Å². The van der Waals surface area contributed by atoms with Gasteiger partial charge in [-0.15, -0.1) is 0 Å². The number of amides is 4. The number of pyridine rings is 1. The third-order valence-electron chi connectivity index (χ3n) is 12.3. The molecule has 0 radical (unpaired) electrons. The van der Waals surface area contributed by atoms with Crippen LogP contribution in [-0.2, 0) is 14.3 Å². The number of aromatic amines is 1. The molecule has 5 heterocycles. The summed E-state index contributed by atoms with van der Waals surface area (Å²) in [7, 11) is 2.89. The predicted molar refractivity (Wildman–Crippen MR) is 236 cm³/mol. The van der Waals surface area contributed by atoms with Crippen molar-refractivity contribution in [2.24, 2.45) is 16.6 Å². The van der Waals surface area contributed by atoms with Gasteiger partial charge >= 0.3 is 6.09 Å². The molecule has 4 aromatic rings. The molecule has 3 aliphatic heterocycles. The Morgan fingerprint density at radius 1 is 0.952 bits per heavy atom. The highest BCUT2D eigenvalue weighted by molar-refractivity contribution is 6.04. The number of likely N-dealkylation sites (tertiary alicyclic amines) is 2. The molecule has 0 bridgehead atoms. The lowest BCUT2D eigenvalue weighted by atomic mass is 9.96. The number of carbonyl (C=O) groups excluding carboxylic acids is 4. The van der Waals surface area contributed by atoms with Crippen LogP contribution in [0, 0.1) is 5.92 Å². The molecular formula is C45H57N11O6. The molecule has 3 fully saturated rings. The Hall–Kier alpha value is -6.49. The summed E-state index contributed by atoms with van der Waals surface area (Å²) in [4.78, 5) is 76.6. The molecule has 328 valence electrons. The second-order valence-corrected chi connectivity index (χ2v) is 16.9. The summed E-state index contributed by atoms with van der Waals surface area (Å²) in [5.41, 5.74) is 9.69. The number of aliphatic hydroxyl groups excluding tert-OH is 1. The van der Waals surface area contributed by atoms with Crippen molar-refractivity contribution in [1.29, 1.82) is 0 Å². The van der Waals surface area contributed by atoms with Gasteiger partial charge in [-0.2, -0.15) is 0 Å². The summed E-state index contributed by atoms with van der Waals surface area (Å²) in [5.74, 6) is 0.907. The molecule has 7 rings (SSSR count). The number of ether oxygens (including phenoxy) is 1. The first kappa shape index (κ1) is 43.6. The number of piperazine rings is 1. The minimum atomic E-state index is -0.920. The van der Waals surface area contributed by atoms with E-state index in [4.69, 9.17) is 10.5 Å². The number of β-amino-alcohol motifs (C(OH)–C–C–N with tert-alkyl or cyclic N) is 1. The van der Waals surface area contributed by atoms with Crippen molar-refractivity contribution >= 4 is 41.3 Å². The van der Waals surface area contributed by atoms with Crippen LogP contribution in [0.15, 0.2) is 78.0 Å². The minimum absolute atomic E-state index is 0.0274. The predicted octanol–water partition coefficient (Wildman–Crippen LogP) is 4.24. The lowest BCUT2D eigenvalue weighted by Crippen LogP contribution is -2.62. The highest BCUT2D eigenvalue weighted by Gasteiger charge is 2.49. The lowest BCUT2D eigenvalue weighted by molar-refractivity contribution is -0.142. The average Bonchev–Trinajstić information content (AvgIpc) is 4.04. The zero-order chi connectivity index (χ0) is 44.3. The van der Waals surface area contributed by atoms with Gasteiger partial charge in [0.1, 0.15) is 23.2 Å². The molecular weight excluding hydrogens is 791 g/mol. The van der Waals surface area contributed by atoms with Crippen molar-refractivity contribution in [3.63, 3.8) is 0 Å². The Bertz CT molecular complexity index is 2280. The number of nitrogens with one attached hydrogen (secondary N) is 3. The monoisotopic (exact) mass is 847 g/mol. The number of guanidine groups is 1. The summed E-state index contributed by atoms with van der Waals surface area (Å²) < 4.78 is 4.95. The van der Waals surface area contributed by atoms with Gasteiger partial charge in [-0.05, 0) is 73.6 Å². The SMILES string of the molecule is CN=C(N)N[C@H](C(=O)N1C[C@@H](O)C[C@H]1c1ncc(-c2ccc(-c3ccc(NC(=O)c4ccc(N5CCN(C(=O)[C@]6(C)CCCN6C(=O)OC)C[C@H]5C)nc4)cc3)cc2)[nH]1)C(C)C. The molecule has 6 N–H and O–H groups in total. The van der Waals surface area contributed by atoms with E-state index in [1.165, 1.54) is 7.11 Å². The van der Waals surface area contributed by atoms with Gasteiger partial charge < -0.3 is 45.9 Å². The third kappa shape index (κ3) is 8.93. The molecule has 0 saturated carbocycles. The Balaban J connectivity index is 0.932. The van der Waals surface area contributed by atoms with E-state index in [9.17, 15) is 24.3 Å². The molecule has 3 saturated heterocycles. The van der Waals surface area contributed by atoms with Crippen LogP contribution in [0.5, 0.6) is 0 Å². The number of rotatable bonds is 10. The number of nitrogens with zero attached hydrogens (tertiary/aromatic N) is 7. The first-order valence-electron chi connectivity index (χ1n) is 21.1. The van der Waals surface area contributed by atoms with Crippen molar-refractivity contribution in [2.45, 2.75) is 76.7 Å². The number of aromatic nitrogens is 3. The number of carbonyl (C=O) groups is 4. The zero-order valence-electron chi connectivity index (χ0n) is 36.2. The van der Waals surface area contributed by atoms with E-state index >= 15 is 0 Å². The quantitative estimate of drug-likeness (QED) is 0.112. The zero-order valence-corrected chi connectivity index (χ0v) is 36.2. The van der Waals surface area contributed by atoms with E-state index in [1.54, 1.807) is 35.3 Å². The maximum absolute atomic E-state index is 13.7. The van der Waals surface area contributed by atoms with Crippen molar-refractivity contribution in [1.82, 2.24) is 35.0 Å². The van der Waals surface area contributed by atoms with Crippen LogP contribution in [0.25, 0.3) is 22.4 Å². The Labute approximate surface area is 361 Å². The lowest BCUT2D eigenvalue weighted by Gasteiger charge is -2.44. The molecule has 2 aromatic heterocycles. The summed E-state index contributed by atoms with van der Waals surface area (Å²) in [6, 6.07) is 18.1. The highest BCUT2D eigenvalue weighted by atomic mass is 16.5. The van der Waals surface area contributed by atoms with E-state index < -0.39 is 29.8 Å². The number of nitrogens with two attached hydrogens (primary N) is 1. The number of imidazole rings is 1. The molecule has 17 heteroatoms. The first-order chi connectivity index (χ1) is 29.7. The van der Waals surface area contributed by atoms with Gasteiger partial charge in [-0.1, -0.05) is 50.2 Å². The van der Waals surface area contributed by atoms with Gasteiger partial charge in [0, 0.05) is 64.1 Å². The van der Waals surface area contributed by atoms with Crippen molar-refractivity contribution < 1.29 is 29.0 Å². The summed E-state index contributed by atoms with van der Waals surface area (Å²) in [6.07, 6.45) is 3.86. The first-order valence-corrected chi connectivity index (χ1v) is 21.1. The fourth-order valence-electron chi connectivity index (χ4n) is 8.78. The van der Waals surface area contributed by atoms with E-state index in [2.05, 4.69) is 35.5 Å². The summed E-state index contributed by atoms with van der Waals surface area (Å²) in [6.45, 7) is 9.96. The Morgan fingerprint density at radius 3 is 2.27 bits per heavy atom. The second kappa shape index (κ2) is 18.2. The molecule has 62 heavy (non-hydrogen) atoms. The molecule has 0 aliphatic carbocycles. The molecule has 5 atom stereocenters. The average molecular weight is 848 g/mol. The van der Waals surface area contributed by atoms with Crippen molar-refractivity contribution in [3.8, 4) is 22.4 Å². The number of hydrogen-bond acceptors (Lipinski definition) is 10. The number of aliphatic hydroxyl groups is 1. The number of hydrogen-bond donors (Lipinski definition) is 5. The Morgan fingerprint density at radius 2 is 1.65 bits per heavy atom. The van der Waals surface area contributed by atoms with E-state index in [1.807, 2.05) is 87.2 Å². The van der Waals surface area contributed by atoms with Crippen LogP contribution >= 0.6 is 0 Å². The van der Waals surface area contributed by atoms with Gasteiger partial charge in [0.2, 0.25) is 11.8 Å². The van der Waals surface area contributed by atoms with Gasteiger partial charge in [0.05, 0.1) is 36.7 Å². The number of H-pyrrole nitrogens is 1. The van der Waals surface area contributed by atoms with Gasteiger partial charge in [0.15, 0.2) is 5.96 Å². The maximum Gasteiger partial charge on any atom is 0.410 e. The Kier molecular flexibility index (Phi) is 12.8. The topological polar surface area (TPSA) is 215 Å². The second-order valence-electron chi connectivity index (χ2n) is 16.9. The maximum atomic E-state index is 13.7. The largest absolute Gasteiger partial charge is 0.453 e. The van der Waals surface area contributed by atoms with Gasteiger partial charge in [-0.3, -0.25) is 24.3 Å². The summed E-state index contributed by atoms with van der Waals surface area (Å²) >= 11 is 0. The number of anilines is 2. The van der Waals surface area contributed by atoms with Crippen LogP contribution in [0.4, 0.5) is 16.3 Å². The van der Waals surface area contributed by atoms with Gasteiger partial charge in [-0.25, -0.2) is 14.8 Å². The smallest absolute Gasteiger partial charge is 0.410 e. The highest BCUT2D eigenvalue weighted by Crippen LogP contribution is 2.35. The molecule has 0 spiro atoms. The van der Waals surface area contributed by atoms with E-state index in [0.717, 1.165) is 34.6 Å². The van der Waals surface area contributed by atoms with Crippen LogP contribution in [0.3, 0.4) is 0 Å². The fraction of sp³-hybridized carbons (Fsp3) is 0.444. The van der Waals surface area contributed by atoms with Gasteiger partial charge in [0.25, 0.3) is 5.91 Å². The molecule has 2 aromatic carbocycles. The van der Waals surface area contributed by atoms with E-state index in [0.29, 0.717) is 56.1 Å². The molecule has 0 unspecified atom stereocenters. The molecule has 4 amide bonds. The van der Waals surface area contributed by atoms with Crippen molar-refractivity contribution in [3.05, 3.63) is 84.4 Å². The third-order valence-corrected chi connectivity index (χ3v) is 12.3. The van der Waals surface area contributed by atoms with Crippen LogP contribution in [-0.4, -0.2) is 135 Å². The fourth-order valence-corrected chi connectivity index (χ4v) is 8.78. The number of benzene rings is 2. The number of methoxy groups -OCH3 is 1. The summed E-state index contributed by atoms with van der Waals surface area (Å²) in [5, 5.41) is 16.5. The van der Waals surface area contributed by atoms with Crippen molar-refractivity contribution in [2.75, 3.05) is 57.1 Å². The van der Waals surface area contributed by atoms with Crippen LogP contribution in [0.1, 0.15) is 69.2 Å². The van der Waals surface area contributed by atoms with E-state index in [-0.39, 0.29) is 42.2 Å². The molecule has 17 nitrogen and oxygen atoms in total.